The number of H-pyrrole nitrogens is 1. The lowest BCUT2D eigenvalue weighted by atomic mass is 10.1. The number of hydrogen-bond acceptors (Lipinski definition) is 4. The summed E-state index contributed by atoms with van der Waals surface area (Å²) < 4.78 is 5.83. The molecule has 4 rings (SSSR count). The number of rotatable bonds is 8. The van der Waals surface area contributed by atoms with Gasteiger partial charge >= 0.3 is 0 Å². The van der Waals surface area contributed by atoms with Crippen molar-refractivity contribution in [3.63, 3.8) is 0 Å². The maximum atomic E-state index is 13.0. The molecule has 0 fully saturated rings. The standard InChI is InChI=1S/C25H24N4O2/c1-29(17-9-12-20-18-23(28-27-20)19-10-4-2-5-11-19)25(30)22-15-8-16-26-24(22)31-21-13-6-3-7-14-21/h2-8,10-11,13-16,18H,9,12,17H2,1H3,(H,27,28). The average Bonchev–Trinajstić information content (AvgIpc) is 3.29. The molecule has 0 unspecified atom stereocenters. The van der Waals surface area contributed by atoms with Crippen LogP contribution in [-0.2, 0) is 6.42 Å². The molecule has 1 N–H and O–H groups in total. The lowest BCUT2D eigenvalue weighted by Crippen LogP contribution is -2.28. The van der Waals surface area contributed by atoms with E-state index in [-0.39, 0.29) is 5.91 Å². The Hall–Kier alpha value is -3.93. The van der Waals surface area contributed by atoms with Crippen molar-refractivity contribution in [3.8, 4) is 22.9 Å². The number of amides is 1. The Bertz CT molecular complexity index is 1130. The van der Waals surface area contributed by atoms with Crippen LogP contribution < -0.4 is 4.74 Å². The van der Waals surface area contributed by atoms with Crippen LogP contribution in [-0.4, -0.2) is 39.6 Å². The van der Waals surface area contributed by atoms with Gasteiger partial charge in [0.15, 0.2) is 0 Å². The maximum absolute atomic E-state index is 13.0. The van der Waals surface area contributed by atoms with Crippen molar-refractivity contribution in [1.29, 1.82) is 0 Å². The zero-order valence-electron chi connectivity index (χ0n) is 17.4. The van der Waals surface area contributed by atoms with Crippen LogP contribution in [0.2, 0.25) is 0 Å². The Labute approximate surface area is 181 Å². The number of ether oxygens (including phenoxy) is 1. The van der Waals surface area contributed by atoms with Gasteiger partial charge in [0.05, 0.1) is 5.69 Å². The molecule has 0 spiro atoms. The number of carbonyl (C=O) groups excluding carboxylic acids is 1. The van der Waals surface area contributed by atoms with E-state index in [1.165, 1.54) is 0 Å². The molecule has 0 aliphatic heterocycles. The number of aryl methyl sites for hydroxylation is 1. The Morgan fingerprint density at radius 3 is 2.52 bits per heavy atom. The van der Waals surface area contributed by atoms with Gasteiger partial charge < -0.3 is 9.64 Å². The highest BCUT2D eigenvalue weighted by atomic mass is 16.5. The van der Waals surface area contributed by atoms with Crippen LogP contribution in [0.1, 0.15) is 22.5 Å². The number of carbonyl (C=O) groups is 1. The number of nitrogens with one attached hydrogen (secondary N) is 1. The van der Waals surface area contributed by atoms with Crippen molar-refractivity contribution in [3.05, 3.63) is 96.3 Å². The third-order valence-corrected chi connectivity index (χ3v) is 4.95. The van der Waals surface area contributed by atoms with Crippen LogP contribution in [0.15, 0.2) is 85.1 Å². The lowest BCUT2D eigenvalue weighted by Gasteiger charge is -2.18. The van der Waals surface area contributed by atoms with Gasteiger partial charge in [0.2, 0.25) is 5.88 Å². The van der Waals surface area contributed by atoms with E-state index in [0.29, 0.717) is 23.7 Å². The van der Waals surface area contributed by atoms with Crippen LogP contribution in [0.3, 0.4) is 0 Å². The Morgan fingerprint density at radius 2 is 1.74 bits per heavy atom. The molecule has 0 aliphatic carbocycles. The largest absolute Gasteiger partial charge is 0.438 e. The molecule has 2 aromatic carbocycles. The number of para-hydroxylation sites is 1. The molecule has 31 heavy (non-hydrogen) atoms. The third-order valence-electron chi connectivity index (χ3n) is 4.95. The zero-order valence-corrected chi connectivity index (χ0v) is 17.4. The smallest absolute Gasteiger partial charge is 0.259 e. The first-order valence-electron chi connectivity index (χ1n) is 10.2. The monoisotopic (exact) mass is 412 g/mol. The molecule has 0 saturated carbocycles. The summed E-state index contributed by atoms with van der Waals surface area (Å²) in [6.45, 7) is 0.609. The molecule has 0 radical (unpaired) electrons. The number of hydrogen-bond donors (Lipinski definition) is 1. The van der Waals surface area contributed by atoms with Crippen molar-refractivity contribution >= 4 is 5.91 Å². The van der Waals surface area contributed by atoms with E-state index in [0.717, 1.165) is 29.8 Å². The van der Waals surface area contributed by atoms with E-state index in [4.69, 9.17) is 4.74 Å². The number of nitrogens with zero attached hydrogens (tertiary/aromatic N) is 3. The van der Waals surface area contributed by atoms with Gasteiger partial charge in [-0.1, -0.05) is 48.5 Å². The van der Waals surface area contributed by atoms with Crippen LogP contribution in [0.5, 0.6) is 11.6 Å². The highest BCUT2D eigenvalue weighted by molar-refractivity contribution is 5.96. The number of aromatic nitrogens is 3. The van der Waals surface area contributed by atoms with E-state index in [2.05, 4.69) is 21.2 Å². The van der Waals surface area contributed by atoms with Gasteiger partial charge in [0.1, 0.15) is 11.3 Å². The highest BCUT2D eigenvalue weighted by Crippen LogP contribution is 2.23. The normalized spacial score (nSPS) is 10.6. The predicted molar refractivity (Wildman–Crippen MR) is 120 cm³/mol. The molecule has 6 heteroatoms. The van der Waals surface area contributed by atoms with E-state index >= 15 is 0 Å². The molecule has 4 aromatic rings. The van der Waals surface area contributed by atoms with Crippen LogP contribution in [0.4, 0.5) is 0 Å². The van der Waals surface area contributed by atoms with Gasteiger partial charge in [-0.3, -0.25) is 9.89 Å². The van der Waals surface area contributed by atoms with Crippen molar-refractivity contribution < 1.29 is 9.53 Å². The number of pyridine rings is 1. The molecule has 0 atom stereocenters. The van der Waals surface area contributed by atoms with E-state index < -0.39 is 0 Å². The molecule has 0 aliphatic rings. The summed E-state index contributed by atoms with van der Waals surface area (Å²) in [5.41, 5.74) is 3.51. The molecule has 6 nitrogen and oxygen atoms in total. The minimum atomic E-state index is -0.117. The fourth-order valence-electron chi connectivity index (χ4n) is 3.30. The first-order valence-corrected chi connectivity index (χ1v) is 10.2. The van der Waals surface area contributed by atoms with Gasteiger partial charge in [0.25, 0.3) is 5.91 Å². The van der Waals surface area contributed by atoms with Crippen molar-refractivity contribution in [2.75, 3.05) is 13.6 Å². The Kier molecular flexibility index (Phi) is 6.38. The maximum Gasteiger partial charge on any atom is 0.259 e. The summed E-state index contributed by atoms with van der Waals surface area (Å²) in [5.74, 6) is 0.839. The van der Waals surface area contributed by atoms with Crippen LogP contribution in [0.25, 0.3) is 11.3 Å². The molecule has 2 heterocycles. The second kappa shape index (κ2) is 9.71. The van der Waals surface area contributed by atoms with Gasteiger partial charge in [-0.2, -0.15) is 5.10 Å². The highest BCUT2D eigenvalue weighted by Gasteiger charge is 2.18. The number of aromatic amines is 1. The van der Waals surface area contributed by atoms with Gasteiger partial charge in [-0.25, -0.2) is 4.98 Å². The van der Waals surface area contributed by atoms with Crippen molar-refractivity contribution in [2.45, 2.75) is 12.8 Å². The van der Waals surface area contributed by atoms with Crippen molar-refractivity contribution in [2.24, 2.45) is 0 Å². The quantitative estimate of drug-likeness (QED) is 0.444. The zero-order chi connectivity index (χ0) is 21.5. The molecule has 1 amide bonds. The third kappa shape index (κ3) is 5.17. The molecule has 2 aromatic heterocycles. The van der Waals surface area contributed by atoms with Crippen LogP contribution >= 0.6 is 0 Å². The fraction of sp³-hybridized carbons (Fsp3) is 0.160. The van der Waals surface area contributed by atoms with E-state index in [9.17, 15) is 4.79 Å². The Morgan fingerprint density at radius 1 is 1.00 bits per heavy atom. The van der Waals surface area contributed by atoms with Crippen LogP contribution in [0, 0.1) is 0 Å². The topological polar surface area (TPSA) is 71.1 Å². The predicted octanol–water partition coefficient (Wildman–Crippen LogP) is 4.97. The summed E-state index contributed by atoms with van der Waals surface area (Å²) >= 11 is 0. The summed E-state index contributed by atoms with van der Waals surface area (Å²) in [5, 5.41) is 7.48. The summed E-state index contributed by atoms with van der Waals surface area (Å²) in [6, 6.07) is 24.9. The minimum Gasteiger partial charge on any atom is -0.438 e. The molecular weight excluding hydrogens is 388 g/mol. The molecule has 0 bridgehead atoms. The Balaban J connectivity index is 1.35. The van der Waals surface area contributed by atoms with Gasteiger partial charge in [-0.05, 0) is 43.2 Å². The first-order chi connectivity index (χ1) is 15.2. The molecule has 0 saturated heterocycles. The number of benzene rings is 2. The second-order valence-corrected chi connectivity index (χ2v) is 7.25. The van der Waals surface area contributed by atoms with E-state index in [1.54, 1.807) is 30.3 Å². The summed E-state index contributed by atoms with van der Waals surface area (Å²) in [6.07, 6.45) is 3.24. The second-order valence-electron chi connectivity index (χ2n) is 7.25. The summed E-state index contributed by atoms with van der Waals surface area (Å²) in [7, 11) is 1.80. The minimum absolute atomic E-state index is 0.117. The van der Waals surface area contributed by atoms with Crippen molar-refractivity contribution in [1.82, 2.24) is 20.1 Å². The molecule has 156 valence electrons. The lowest BCUT2D eigenvalue weighted by molar-refractivity contribution is 0.0790. The SMILES string of the molecule is CN(CCCc1cc(-c2ccccc2)n[nH]1)C(=O)c1cccnc1Oc1ccccc1. The first kappa shape index (κ1) is 20.3. The van der Waals surface area contributed by atoms with Gasteiger partial charge in [0, 0.05) is 31.0 Å². The van der Waals surface area contributed by atoms with Gasteiger partial charge in [-0.15, -0.1) is 0 Å². The average molecular weight is 412 g/mol. The summed E-state index contributed by atoms with van der Waals surface area (Å²) in [4.78, 5) is 18.9. The molecular formula is C25H24N4O2. The fourth-order valence-corrected chi connectivity index (χ4v) is 3.30. The van der Waals surface area contributed by atoms with E-state index in [1.807, 2.05) is 60.7 Å².